The van der Waals surface area contributed by atoms with Crippen molar-refractivity contribution < 1.29 is 19.1 Å². The summed E-state index contributed by atoms with van der Waals surface area (Å²) in [4.78, 5) is 39.4. The molecule has 4 N–H and O–H groups in total. The van der Waals surface area contributed by atoms with Crippen LogP contribution in [0.3, 0.4) is 0 Å². The quantitative estimate of drug-likeness (QED) is 0.0956. The van der Waals surface area contributed by atoms with E-state index in [1.54, 1.807) is 6.20 Å². The minimum Gasteiger partial charge on any atom is -0.449 e. The number of H-pyrrole nitrogens is 2. The molecule has 0 radical (unpaired) electrons. The number of fused-ring (bicyclic) bond motifs is 3. The van der Waals surface area contributed by atoms with E-state index in [1.807, 2.05) is 91.1 Å². The summed E-state index contributed by atoms with van der Waals surface area (Å²) in [5.41, 5.74) is 9.69. The molecule has 0 saturated heterocycles. The van der Waals surface area contributed by atoms with E-state index < -0.39 is 24.1 Å². The second-order valence-electron chi connectivity index (χ2n) is 14.1. The van der Waals surface area contributed by atoms with E-state index in [9.17, 15) is 9.59 Å². The zero-order chi connectivity index (χ0) is 36.9. The summed E-state index contributed by atoms with van der Waals surface area (Å²) in [6.07, 6.45) is 8.85. The van der Waals surface area contributed by atoms with E-state index in [4.69, 9.17) is 14.5 Å². The largest absolute Gasteiger partial charge is 0.449 e. The van der Waals surface area contributed by atoms with Crippen LogP contribution < -0.4 is 10.6 Å². The summed E-state index contributed by atoms with van der Waals surface area (Å²) in [5.74, 6) is 0.548. The fourth-order valence-corrected chi connectivity index (χ4v) is 7.57. The van der Waals surface area contributed by atoms with Crippen molar-refractivity contribution in [2.24, 2.45) is 5.92 Å². The molecule has 2 aliphatic rings. The molecule has 0 saturated carbocycles. The molecule has 0 aliphatic heterocycles. The van der Waals surface area contributed by atoms with E-state index in [0.29, 0.717) is 18.2 Å². The van der Waals surface area contributed by atoms with Crippen LogP contribution in [-0.4, -0.2) is 46.2 Å². The number of benzene rings is 4. The van der Waals surface area contributed by atoms with E-state index in [2.05, 4.69) is 63.9 Å². The van der Waals surface area contributed by atoms with E-state index in [0.717, 1.165) is 45.3 Å². The van der Waals surface area contributed by atoms with Crippen molar-refractivity contribution in [2.45, 2.75) is 44.4 Å². The van der Waals surface area contributed by atoms with E-state index in [1.165, 1.54) is 16.7 Å². The number of nitrogens with zero attached hydrogens (tertiary/aromatic N) is 1. The standard InChI is InChI=1S/C45H43N5O4/c1-29-20-21-36-37(22-29)34-17-8-9-18-35(34)38(36)27-54-45(52)50-42(28-53-26-30-12-4-2-5-13-30)44(51)49-40(23-32-24-46-39-19-11-10-16-33(32)39)43-47-25-41(48-43)31-14-6-3-7-15-31/h2-21,24-25,29,38,40,42,46H,22-23,26-28H2,1H3,(H,47,48)(H,49,51)(H,50,52)/t29?,38?,40-,42-/m1/s1. The lowest BCUT2D eigenvalue weighted by Gasteiger charge is -2.23. The SMILES string of the molecule is CC1C=CC2=C(C1)c1ccccc1C2COC(=O)N[C@H](COCc1ccccc1)C(=O)N[C@H](Cc1c[nH]c2ccccc12)c1ncc(-c2ccccc2)[nH]1. The first-order valence-corrected chi connectivity index (χ1v) is 18.5. The van der Waals surface area contributed by atoms with Gasteiger partial charge in [0.1, 0.15) is 18.5 Å². The van der Waals surface area contributed by atoms with Gasteiger partial charge in [-0.2, -0.15) is 0 Å². The minimum atomic E-state index is -1.05. The monoisotopic (exact) mass is 717 g/mol. The second kappa shape index (κ2) is 15.8. The molecule has 6 aromatic rings. The number of rotatable bonds is 13. The maximum absolute atomic E-state index is 14.3. The first kappa shape index (κ1) is 34.9. The number of hydrogen-bond acceptors (Lipinski definition) is 5. The minimum absolute atomic E-state index is 0.0642. The highest BCUT2D eigenvalue weighted by atomic mass is 16.5. The van der Waals surface area contributed by atoms with Crippen LogP contribution in [0.4, 0.5) is 4.79 Å². The molecule has 4 atom stereocenters. The molecule has 54 heavy (non-hydrogen) atoms. The topological polar surface area (TPSA) is 121 Å². The van der Waals surface area contributed by atoms with Crippen molar-refractivity contribution in [1.82, 2.24) is 25.6 Å². The summed E-state index contributed by atoms with van der Waals surface area (Å²) in [5, 5.41) is 7.09. The smallest absolute Gasteiger partial charge is 0.407 e. The molecule has 272 valence electrons. The Bertz CT molecular complexity index is 2310. The second-order valence-corrected chi connectivity index (χ2v) is 14.1. The summed E-state index contributed by atoms with van der Waals surface area (Å²) < 4.78 is 11.9. The number of alkyl carbamates (subject to hydrolysis) is 1. The van der Waals surface area contributed by atoms with Crippen molar-refractivity contribution in [1.29, 1.82) is 0 Å². The van der Waals surface area contributed by atoms with Gasteiger partial charge >= 0.3 is 6.09 Å². The lowest BCUT2D eigenvalue weighted by Crippen LogP contribution is -2.50. The highest BCUT2D eigenvalue weighted by Gasteiger charge is 2.33. The fourth-order valence-electron chi connectivity index (χ4n) is 7.57. The van der Waals surface area contributed by atoms with Crippen LogP contribution in [0, 0.1) is 5.92 Å². The van der Waals surface area contributed by atoms with Crippen molar-refractivity contribution >= 4 is 28.5 Å². The molecule has 9 nitrogen and oxygen atoms in total. The van der Waals surface area contributed by atoms with Crippen LogP contribution in [0.5, 0.6) is 0 Å². The lowest BCUT2D eigenvalue weighted by atomic mass is 9.88. The molecular weight excluding hydrogens is 675 g/mol. The summed E-state index contributed by atoms with van der Waals surface area (Å²) in [7, 11) is 0. The third kappa shape index (κ3) is 7.63. The van der Waals surface area contributed by atoms with Gasteiger partial charge < -0.3 is 30.1 Å². The number of para-hydroxylation sites is 1. The maximum atomic E-state index is 14.3. The molecule has 2 aliphatic carbocycles. The number of aromatic amines is 2. The number of ether oxygens (including phenoxy) is 2. The normalized spacial score (nSPS) is 17.1. The molecule has 9 heteroatoms. The predicted octanol–water partition coefficient (Wildman–Crippen LogP) is 8.42. The number of carbonyl (C=O) groups is 2. The molecule has 2 unspecified atom stereocenters. The van der Waals surface area contributed by atoms with Crippen LogP contribution in [0.2, 0.25) is 0 Å². The van der Waals surface area contributed by atoms with E-state index >= 15 is 0 Å². The van der Waals surface area contributed by atoms with Crippen molar-refractivity contribution in [3.8, 4) is 11.3 Å². The zero-order valence-corrected chi connectivity index (χ0v) is 30.1. The Balaban J connectivity index is 1.02. The fraction of sp³-hybridized carbons (Fsp3) is 0.222. The van der Waals surface area contributed by atoms with Gasteiger partial charge in [-0.3, -0.25) is 4.79 Å². The Kier molecular flexibility index (Phi) is 10.2. The molecule has 2 heterocycles. The van der Waals surface area contributed by atoms with Crippen LogP contribution in [0.1, 0.15) is 53.4 Å². The van der Waals surface area contributed by atoms with Crippen molar-refractivity contribution in [3.63, 3.8) is 0 Å². The highest BCUT2D eigenvalue weighted by Crippen LogP contribution is 2.47. The number of hydrogen-bond donors (Lipinski definition) is 4. The lowest BCUT2D eigenvalue weighted by molar-refractivity contribution is -0.125. The number of nitrogens with one attached hydrogen (secondary N) is 4. The summed E-state index contributed by atoms with van der Waals surface area (Å²) in [6, 6.07) is 34.4. The predicted molar refractivity (Wildman–Crippen MR) is 210 cm³/mol. The molecule has 2 amide bonds. The van der Waals surface area contributed by atoms with Gasteiger partial charge in [0.05, 0.1) is 31.1 Å². The van der Waals surface area contributed by atoms with Gasteiger partial charge in [-0.25, -0.2) is 9.78 Å². The summed E-state index contributed by atoms with van der Waals surface area (Å²) in [6.45, 7) is 2.58. The van der Waals surface area contributed by atoms with Gasteiger partial charge in [0.15, 0.2) is 0 Å². The molecule has 8 rings (SSSR count). The maximum Gasteiger partial charge on any atom is 0.407 e. The Hall–Kier alpha value is -6.19. The molecule has 2 aromatic heterocycles. The Morgan fingerprint density at radius 3 is 2.52 bits per heavy atom. The average Bonchev–Trinajstić information content (AvgIpc) is 3.94. The van der Waals surface area contributed by atoms with Crippen LogP contribution in [0.25, 0.3) is 27.7 Å². The number of carbonyl (C=O) groups excluding carboxylic acids is 2. The van der Waals surface area contributed by atoms with Crippen LogP contribution >= 0.6 is 0 Å². The molecule has 0 bridgehead atoms. The van der Waals surface area contributed by atoms with Crippen LogP contribution in [-0.2, 0) is 27.3 Å². The van der Waals surface area contributed by atoms with Crippen molar-refractivity contribution in [3.05, 3.63) is 167 Å². The third-order valence-corrected chi connectivity index (χ3v) is 10.3. The third-order valence-electron chi connectivity index (χ3n) is 10.3. The van der Waals surface area contributed by atoms with Crippen molar-refractivity contribution in [2.75, 3.05) is 13.2 Å². The number of aromatic nitrogens is 3. The molecule has 4 aromatic carbocycles. The molecule has 0 spiro atoms. The first-order chi connectivity index (χ1) is 26.5. The van der Waals surface area contributed by atoms with Gasteiger partial charge in [-0.15, -0.1) is 0 Å². The van der Waals surface area contributed by atoms with E-state index in [-0.39, 0.29) is 25.7 Å². The number of allylic oxidation sites excluding steroid dienone is 3. The first-order valence-electron chi connectivity index (χ1n) is 18.5. The van der Waals surface area contributed by atoms with Gasteiger partial charge in [0.2, 0.25) is 5.91 Å². The molecule has 0 fully saturated rings. The zero-order valence-electron chi connectivity index (χ0n) is 30.1. The Morgan fingerprint density at radius 1 is 0.907 bits per heavy atom. The number of imidazole rings is 1. The van der Waals surface area contributed by atoms with Gasteiger partial charge in [-0.1, -0.05) is 122 Å². The number of amides is 2. The molecular formula is C45H43N5O4. The summed E-state index contributed by atoms with van der Waals surface area (Å²) >= 11 is 0. The Labute approximate surface area is 314 Å². The van der Waals surface area contributed by atoms with Gasteiger partial charge in [0, 0.05) is 29.4 Å². The van der Waals surface area contributed by atoms with Crippen LogP contribution in [0.15, 0.2) is 139 Å². The highest BCUT2D eigenvalue weighted by molar-refractivity contribution is 5.87. The van der Waals surface area contributed by atoms with Gasteiger partial charge in [0.25, 0.3) is 0 Å². The average molecular weight is 718 g/mol. The van der Waals surface area contributed by atoms with Gasteiger partial charge in [-0.05, 0) is 57.4 Å². The Morgan fingerprint density at radius 2 is 1.67 bits per heavy atom.